The van der Waals surface area contributed by atoms with E-state index in [2.05, 4.69) is 0 Å². The van der Waals surface area contributed by atoms with Crippen molar-refractivity contribution in [2.24, 2.45) is 0 Å². The maximum atomic E-state index is 12.6. The van der Waals surface area contributed by atoms with Crippen LogP contribution in [0.5, 0.6) is 5.75 Å². The van der Waals surface area contributed by atoms with Crippen molar-refractivity contribution in [3.8, 4) is 5.75 Å². The van der Waals surface area contributed by atoms with Gasteiger partial charge in [-0.05, 0) is 38.1 Å². The van der Waals surface area contributed by atoms with Crippen LogP contribution in [0, 0.1) is 10.1 Å². The van der Waals surface area contributed by atoms with Gasteiger partial charge in [0, 0.05) is 18.3 Å². The molecule has 1 atom stereocenters. The maximum absolute atomic E-state index is 12.6. The Balaban J connectivity index is 2.16. The van der Waals surface area contributed by atoms with Crippen molar-refractivity contribution in [1.82, 2.24) is 0 Å². The standard InChI is InChI=1S/C19H20N2O6/c1-4-20(15-8-6-5-7-9-15)18(22)13(2)27-19(23)14-10-11-17(26-3)16(12-14)21(24)25/h5-13H,4H2,1-3H3/t13-/m0/s1. The number of amides is 1. The van der Waals surface area contributed by atoms with Crippen LogP contribution in [0.2, 0.25) is 0 Å². The SMILES string of the molecule is CCN(C(=O)[C@H](C)OC(=O)c1ccc(OC)c([N+](=O)[O-])c1)c1ccccc1. The van der Waals surface area contributed by atoms with E-state index in [0.717, 1.165) is 6.07 Å². The van der Waals surface area contributed by atoms with Gasteiger partial charge in [-0.25, -0.2) is 4.79 Å². The molecule has 0 unspecified atom stereocenters. The summed E-state index contributed by atoms with van der Waals surface area (Å²) in [5, 5.41) is 11.1. The molecule has 1 amide bonds. The van der Waals surface area contributed by atoms with E-state index in [9.17, 15) is 19.7 Å². The van der Waals surface area contributed by atoms with E-state index in [-0.39, 0.29) is 22.9 Å². The van der Waals surface area contributed by atoms with Crippen molar-refractivity contribution >= 4 is 23.3 Å². The molecule has 0 bridgehead atoms. The lowest BCUT2D eigenvalue weighted by atomic mass is 10.2. The Hall–Kier alpha value is -3.42. The van der Waals surface area contributed by atoms with Gasteiger partial charge in [0.15, 0.2) is 11.9 Å². The molecule has 27 heavy (non-hydrogen) atoms. The lowest BCUT2D eigenvalue weighted by Crippen LogP contribution is -2.40. The number of para-hydroxylation sites is 1. The highest BCUT2D eigenvalue weighted by atomic mass is 16.6. The summed E-state index contributed by atoms with van der Waals surface area (Å²) in [6.45, 7) is 3.68. The summed E-state index contributed by atoms with van der Waals surface area (Å²) < 4.78 is 10.1. The van der Waals surface area contributed by atoms with E-state index in [1.807, 2.05) is 13.0 Å². The lowest BCUT2D eigenvalue weighted by molar-refractivity contribution is -0.385. The zero-order valence-electron chi connectivity index (χ0n) is 15.2. The molecule has 0 spiro atoms. The van der Waals surface area contributed by atoms with Crippen LogP contribution >= 0.6 is 0 Å². The summed E-state index contributed by atoms with van der Waals surface area (Å²) in [6.07, 6.45) is -1.06. The van der Waals surface area contributed by atoms with Crippen LogP contribution in [0.15, 0.2) is 48.5 Å². The summed E-state index contributed by atoms with van der Waals surface area (Å²) in [5.41, 5.74) is 0.295. The molecule has 142 valence electrons. The number of hydrogen-bond acceptors (Lipinski definition) is 6. The second-order valence-electron chi connectivity index (χ2n) is 5.61. The Morgan fingerprint density at radius 1 is 1.19 bits per heavy atom. The zero-order chi connectivity index (χ0) is 20.0. The van der Waals surface area contributed by atoms with Crippen LogP contribution in [0.1, 0.15) is 24.2 Å². The third-order valence-corrected chi connectivity index (χ3v) is 3.89. The summed E-state index contributed by atoms with van der Waals surface area (Å²) >= 11 is 0. The van der Waals surface area contributed by atoms with Crippen LogP contribution in [0.4, 0.5) is 11.4 Å². The number of ether oxygens (including phenoxy) is 2. The fraction of sp³-hybridized carbons (Fsp3) is 0.263. The molecule has 2 aromatic rings. The minimum Gasteiger partial charge on any atom is -0.490 e. The maximum Gasteiger partial charge on any atom is 0.339 e. The van der Waals surface area contributed by atoms with Crippen molar-refractivity contribution in [2.45, 2.75) is 20.0 Å². The van der Waals surface area contributed by atoms with Crippen molar-refractivity contribution in [3.05, 3.63) is 64.2 Å². The monoisotopic (exact) mass is 372 g/mol. The van der Waals surface area contributed by atoms with Gasteiger partial charge in [0.05, 0.1) is 17.6 Å². The predicted octanol–water partition coefficient (Wildman–Crippen LogP) is 3.20. The highest BCUT2D eigenvalue weighted by molar-refractivity contribution is 5.99. The number of benzene rings is 2. The van der Waals surface area contributed by atoms with Crippen molar-refractivity contribution in [3.63, 3.8) is 0 Å². The molecular weight excluding hydrogens is 352 g/mol. The molecule has 0 radical (unpaired) electrons. The number of methoxy groups -OCH3 is 1. The largest absolute Gasteiger partial charge is 0.490 e. The fourth-order valence-electron chi connectivity index (χ4n) is 2.53. The molecule has 0 N–H and O–H groups in total. The third kappa shape index (κ3) is 4.60. The second kappa shape index (κ2) is 8.79. The molecule has 2 rings (SSSR count). The molecule has 0 heterocycles. The third-order valence-electron chi connectivity index (χ3n) is 3.89. The summed E-state index contributed by atoms with van der Waals surface area (Å²) in [5.74, 6) is -1.19. The van der Waals surface area contributed by atoms with Gasteiger partial charge in [0.2, 0.25) is 0 Å². The van der Waals surface area contributed by atoms with Gasteiger partial charge in [-0.2, -0.15) is 0 Å². The zero-order valence-corrected chi connectivity index (χ0v) is 15.2. The second-order valence-corrected chi connectivity index (χ2v) is 5.61. The highest BCUT2D eigenvalue weighted by Gasteiger charge is 2.26. The van der Waals surface area contributed by atoms with Gasteiger partial charge in [0.1, 0.15) is 0 Å². The molecule has 2 aromatic carbocycles. The Bertz CT molecular complexity index is 837. The number of nitrogens with zero attached hydrogens (tertiary/aromatic N) is 2. The van der Waals surface area contributed by atoms with E-state index in [4.69, 9.17) is 9.47 Å². The van der Waals surface area contributed by atoms with Crippen LogP contribution in [-0.2, 0) is 9.53 Å². The van der Waals surface area contributed by atoms with Crippen molar-refractivity contribution < 1.29 is 24.0 Å². The predicted molar refractivity (Wildman–Crippen MR) is 99.0 cm³/mol. The molecule has 0 fully saturated rings. The molecule has 0 saturated carbocycles. The fourth-order valence-corrected chi connectivity index (χ4v) is 2.53. The smallest absolute Gasteiger partial charge is 0.339 e. The first kappa shape index (κ1) is 19.9. The number of carbonyl (C=O) groups excluding carboxylic acids is 2. The number of nitro groups is 1. The van der Waals surface area contributed by atoms with Crippen molar-refractivity contribution in [2.75, 3.05) is 18.6 Å². The number of rotatable bonds is 7. The normalized spacial score (nSPS) is 11.4. The number of likely N-dealkylation sites (N-methyl/N-ethyl adjacent to an activating group) is 1. The van der Waals surface area contributed by atoms with E-state index in [1.165, 1.54) is 31.1 Å². The first-order valence-electron chi connectivity index (χ1n) is 8.28. The number of hydrogen-bond donors (Lipinski definition) is 0. The van der Waals surface area contributed by atoms with Gasteiger partial charge in [-0.3, -0.25) is 14.9 Å². The topological polar surface area (TPSA) is 99.0 Å². The molecule has 0 aromatic heterocycles. The van der Waals surface area contributed by atoms with E-state index in [1.54, 1.807) is 24.3 Å². The molecule has 0 aliphatic carbocycles. The molecule has 0 aliphatic heterocycles. The molecular formula is C19H20N2O6. The summed E-state index contributed by atoms with van der Waals surface area (Å²) in [7, 11) is 1.30. The number of esters is 1. The Kier molecular flexibility index (Phi) is 6.48. The minimum atomic E-state index is -1.06. The van der Waals surface area contributed by atoms with Gasteiger partial charge >= 0.3 is 11.7 Å². The number of nitro benzene ring substituents is 1. The number of carbonyl (C=O) groups is 2. The van der Waals surface area contributed by atoms with Crippen LogP contribution in [-0.4, -0.2) is 36.6 Å². The quantitative estimate of drug-likeness (QED) is 0.420. The van der Waals surface area contributed by atoms with Crippen LogP contribution < -0.4 is 9.64 Å². The Morgan fingerprint density at radius 3 is 2.41 bits per heavy atom. The van der Waals surface area contributed by atoms with Crippen LogP contribution in [0.3, 0.4) is 0 Å². The Labute approximate surface area is 156 Å². The average molecular weight is 372 g/mol. The first-order chi connectivity index (χ1) is 12.9. The first-order valence-corrected chi connectivity index (χ1v) is 8.28. The van der Waals surface area contributed by atoms with E-state index < -0.39 is 17.0 Å². The summed E-state index contributed by atoms with van der Waals surface area (Å²) in [4.78, 5) is 36.9. The summed E-state index contributed by atoms with van der Waals surface area (Å²) in [6, 6.07) is 12.7. The Morgan fingerprint density at radius 2 is 1.85 bits per heavy atom. The van der Waals surface area contributed by atoms with E-state index >= 15 is 0 Å². The van der Waals surface area contributed by atoms with Gasteiger partial charge < -0.3 is 14.4 Å². The average Bonchev–Trinajstić information content (AvgIpc) is 2.68. The minimum absolute atomic E-state index is 0.0295. The lowest BCUT2D eigenvalue weighted by Gasteiger charge is -2.24. The van der Waals surface area contributed by atoms with Gasteiger partial charge in [0.25, 0.3) is 5.91 Å². The molecule has 0 aliphatic rings. The van der Waals surface area contributed by atoms with Crippen molar-refractivity contribution in [1.29, 1.82) is 0 Å². The number of anilines is 1. The van der Waals surface area contributed by atoms with Crippen LogP contribution in [0.25, 0.3) is 0 Å². The van der Waals surface area contributed by atoms with Gasteiger partial charge in [-0.15, -0.1) is 0 Å². The molecule has 8 nitrogen and oxygen atoms in total. The van der Waals surface area contributed by atoms with E-state index in [0.29, 0.717) is 12.2 Å². The highest BCUT2D eigenvalue weighted by Crippen LogP contribution is 2.28. The molecule has 0 saturated heterocycles. The molecule has 8 heteroatoms. The van der Waals surface area contributed by atoms with Gasteiger partial charge in [-0.1, -0.05) is 18.2 Å².